The van der Waals surface area contributed by atoms with Crippen molar-refractivity contribution in [1.29, 1.82) is 0 Å². The Morgan fingerprint density at radius 1 is 1.00 bits per heavy atom. The number of hydrogen-bond acceptors (Lipinski definition) is 3. The molecule has 0 aromatic heterocycles. The van der Waals surface area contributed by atoms with Gasteiger partial charge < -0.3 is 16.0 Å². The summed E-state index contributed by atoms with van der Waals surface area (Å²) in [5.74, 6) is 0.139. The van der Waals surface area contributed by atoms with Gasteiger partial charge in [0, 0.05) is 31.7 Å². The molecule has 5 heteroatoms. The van der Waals surface area contributed by atoms with E-state index in [1.807, 2.05) is 12.1 Å². The van der Waals surface area contributed by atoms with Crippen LogP contribution >= 0.6 is 0 Å². The van der Waals surface area contributed by atoms with E-state index < -0.39 is 0 Å². The number of rotatable bonds is 6. The number of hydrogen-bond donors (Lipinski definition) is 3. The molecule has 3 N–H and O–H groups in total. The fourth-order valence-electron chi connectivity index (χ4n) is 3.64. The van der Waals surface area contributed by atoms with E-state index in [1.54, 1.807) is 0 Å². The van der Waals surface area contributed by atoms with Crippen LogP contribution in [0.5, 0.6) is 0 Å². The normalized spacial score (nSPS) is 14.7. The Hall–Kier alpha value is -2.66. The molecule has 5 nitrogen and oxygen atoms in total. The van der Waals surface area contributed by atoms with Gasteiger partial charge in [-0.25, -0.2) is 0 Å². The molecule has 0 aliphatic carbocycles. The minimum absolute atomic E-state index is 0.0545. The van der Waals surface area contributed by atoms with Crippen molar-refractivity contribution < 1.29 is 9.59 Å². The number of carbonyl (C=O) groups is 2. The third kappa shape index (κ3) is 3.78. The van der Waals surface area contributed by atoms with E-state index in [2.05, 4.69) is 40.2 Å². The molecule has 2 aliphatic rings. The van der Waals surface area contributed by atoms with Gasteiger partial charge in [-0.2, -0.15) is 0 Å². The summed E-state index contributed by atoms with van der Waals surface area (Å²) in [6.07, 6.45) is 2.63. The van der Waals surface area contributed by atoms with Crippen molar-refractivity contribution in [3.05, 3.63) is 64.2 Å². The zero-order valence-corrected chi connectivity index (χ0v) is 14.7. The highest BCUT2D eigenvalue weighted by Gasteiger charge is 2.17. The molecule has 0 atom stereocenters. The quantitative estimate of drug-likeness (QED) is 0.750. The Bertz CT molecular complexity index is 860. The van der Waals surface area contributed by atoms with Gasteiger partial charge in [-0.05, 0) is 46.7 Å². The van der Waals surface area contributed by atoms with Gasteiger partial charge in [-0.1, -0.05) is 30.3 Å². The van der Waals surface area contributed by atoms with Crippen molar-refractivity contribution in [2.24, 2.45) is 0 Å². The van der Waals surface area contributed by atoms with Crippen molar-refractivity contribution in [3.8, 4) is 0 Å². The summed E-state index contributed by atoms with van der Waals surface area (Å²) in [6, 6.07) is 12.5. The van der Waals surface area contributed by atoms with Crippen molar-refractivity contribution in [1.82, 2.24) is 10.6 Å². The van der Waals surface area contributed by atoms with Crippen LogP contribution in [-0.2, 0) is 42.1 Å². The summed E-state index contributed by atoms with van der Waals surface area (Å²) in [6.45, 7) is 2.44. The van der Waals surface area contributed by atoms with Gasteiger partial charge in [-0.15, -0.1) is 0 Å². The summed E-state index contributed by atoms with van der Waals surface area (Å²) >= 11 is 0. The first kappa shape index (κ1) is 16.8. The molecule has 0 saturated carbocycles. The first-order valence-electron chi connectivity index (χ1n) is 9.17. The van der Waals surface area contributed by atoms with Crippen LogP contribution in [0, 0.1) is 0 Å². The van der Waals surface area contributed by atoms with Gasteiger partial charge >= 0.3 is 0 Å². The number of carbonyl (C=O) groups excluding carboxylic acids is 2. The fraction of sp³-hybridized carbons (Fsp3) is 0.333. The minimum atomic E-state index is 0.0545. The summed E-state index contributed by atoms with van der Waals surface area (Å²) in [5, 5.41) is 9.18. The summed E-state index contributed by atoms with van der Waals surface area (Å²) < 4.78 is 0. The number of aryl methyl sites for hydroxylation is 1. The zero-order chi connectivity index (χ0) is 17.9. The van der Waals surface area contributed by atoms with Gasteiger partial charge in [-0.3, -0.25) is 9.59 Å². The van der Waals surface area contributed by atoms with Crippen molar-refractivity contribution in [2.45, 2.75) is 45.3 Å². The Balaban J connectivity index is 1.22. The largest absolute Gasteiger partial charge is 0.352 e. The van der Waals surface area contributed by atoms with Crippen LogP contribution in [0.3, 0.4) is 0 Å². The zero-order valence-electron chi connectivity index (χ0n) is 14.7. The van der Waals surface area contributed by atoms with E-state index in [0.29, 0.717) is 19.4 Å². The van der Waals surface area contributed by atoms with Gasteiger partial charge in [0.05, 0.1) is 6.42 Å². The lowest BCUT2D eigenvalue weighted by molar-refractivity contribution is -0.121. The molecule has 2 aromatic carbocycles. The molecule has 0 spiro atoms. The average molecular weight is 349 g/mol. The van der Waals surface area contributed by atoms with E-state index in [4.69, 9.17) is 0 Å². The topological polar surface area (TPSA) is 70.2 Å². The average Bonchev–Trinajstić information content (AvgIpc) is 3.24. The molecule has 2 heterocycles. The van der Waals surface area contributed by atoms with Crippen molar-refractivity contribution in [3.63, 3.8) is 0 Å². The minimum Gasteiger partial charge on any atom is -0.352 e. The molecule has 0 bridgehead atoms. The standard InChI is InChI=1S/C21H23N3O2/c25-20(23-11-15-4-6-16-12-22-13-18(16)9-15)3-1-2-14-5-7-19-17(8-14)10-21(26)24-19/h4-9,22H,1-3,10-13H2,(H,23,25)(H,24,26). The lowest BCUT2D eigenvalue weighted by Gasteiger charge is -2.08. The summed E-state index contributed by atoms with van der Waals surface area (Å²) in [4.78, 5) is 23.5. The maximum absolute atomic E-state index is 12.1. The molecule has 2 amide bonds. The Kier molecular flexibility index (Phi) is 4.71. The molecule has 0 radical (unpaired) electrons. The maximum Gasteiger partial charge on any atom is 0.228 e. The Labute approximate surface area is 153 Å². The molecule has 2 aliphatic heterocycles. The molecule has 2 aromatic rings. The molecular weight excluding hydrogens is 326 g/mol. The van der Waals surface area contributed by atoms with Crippen LogP contribution in [0.1, 0.15) is 40.7 Å². The van der Waals surface area contributed by atoms with Crippen molar-refractivity contribution in [2.75, 3.05) is 5.32 Å². The van der Waals surface area contributed by atoms with Crippen LogP contribution in [0.2, 0.25) is 0 Å². The lowest BCUT2D eigenvalue weighted by atomic mass is 10.0. The van der Waals surface area contributed by atoms with Crippen LogP contribution < -0.4 is 16.0 Å². The van der Waals surface area contributed by atoms with E-state index in [-0.39, 0.29) is 11.8 Å². The number of nitrogens with one attached hydrogen (secondary N) is 3. The second-order valence-electron chi connectivity index (χ2n) is 7.05. The van der Waals surface area contributed by atoms with E-state index in [9.17, 15) is 9.59 Å². The summed E-state index contributed by atoms with van der Waals surface area (Å²) in [7, 11) is 0. The number of fused-ring (bicyclic) bond motifs is 2. The van der Waals surface area contributed by atoms with Crippen LogP contribution in [-0.4, -0.2) is 11.8 Å². The molecule has 0 saturated heterocycles. The molecule has 0 fully saturated rings. The Morgan fingerprint density at radius 2 is 1.81 bits per heavy atom. The number of benzene rings is 2. The molecular formula is C21H23N3O2. The summed E-state index contributed by atoms with van der Waals surface area (Å²) in [5.41, 5.74) is 6.99. The van der Waals surface area contributed by atoms with Crippen LogP contribution in [0.4, 0.5) is 5.69 Å². The van der Waals surface area contributed by atoms with Gasteiger partial charge in [0.25, 0.3) is 0 Å². The smallest absolute Gasteiger partial charge is 0.228 e. The SMILES string of the molecule is O=C(CCCc1ccc2c(c1)CC(=O)N2)NCc1ccc2c(c1)CNC2. The van der Waals surface area contributed by atoms with Crippen LogP contribution in [0.15, 0.2) is 36.4 Å². The lowest BCUT2D eigenvalue weighted by Crippen LogP contribution is -2.22. The fourth-order valence-corrected chi connectivity index (χ4v) is 3.64. The molecule has 0 unspecified atom stereocenters. The molecule has 26 heavy (non-hydrogen) atoms. The predicted octanol–water partition coefficient (Wildman–Crippen LogP) is 2.42. The third-order valence-electron chi connectivity index (χ3n) is 5.06. The first-order chi connectivity index (χ1) is 12.7. The second-order valence-corrected chi connectivity index (χ2v) is 7.05. The van der Waals surface area contributed by atoms with Gasteiger partial charge in [0.2, 0.25) is 11.8 Å². The highest BCUT2D eigenvalue weighted by molar-refractivity contribution is 5.99. The van der Waals surface area contributed by atoms with E-state index in [1.165, 1.54) is 16.7 Å². The van der Waals surface area contributed by atoms with Gasteiger partial charge in [0.15, 0.2) is 0 Å². The Morgan fingerprint density at radius 3 is 2.73 bits per heavy atom. The van der Waals surface area contributed by atoms with Gasteiger partial charge in [0.1, 0.15) is 0 Å². The highest BCUT2D eigenvalue weighted by Crippen LogP contribution is 2.24. The van der Waals surface area contributed by atoms with Crippen LogP contribution in [0.25, 0.3) is 0 Å². The third-order valence-corrected chi connectivity index (χ3v) is 5.06. The second kappa shape index (κ2) is 7.30. The number of amides is 2. The van der Waals surface area contributed by atoms with E-state index in [0.717, 1.165) is 42.7 Å². The molecule has 4 rings (SSSR count). The van der Waals surface area contributed by atoms with Crippen molar-refractivity contribution >= 4 is 17.5 Å². The molecule has 134 valence electrons. The number of anilines is 1. The predicted molar refractivity (Wildman–Crippen MR) is 101 cm³/mol. The first-order valence-corrected chi connectivity index (χ1v) is 9.17. The monoisotopic (exact) mass is 349 g/mol. The highest BCUT2D eigenvalue weighted by atomic mass is 16.2. The van der Waals surface area contributed by atoms with E-state index >= 15 is 0 Å². The maximum atomic E-state index is 12.1.